The largest absolute Gasteiger partial charge is 0.471 e. The molecule has 0 aliphatic carbocycles. The Labute approximate surface area is 92.6 Å². The summed E-state index contributed by atoms with van der Waals surface area (Å²) in [5, 5.41) is 1.77. The number of amides is 1. The quantitative estimate of drug-likeness (QED) is 0.841. The van der Waals surface area contributed by atoms with Gasteiger partial charge in [-0.25, -0.2) is 0 Å². The molecular weight excluding hydrogens is 275 g/mol. The molecule has 0 bridgehead atoms. The van der Waals surface area contributed by atoms with Crippen molar-refractivity contribution in [2.45, 2.75) is 13.1 Å². The predicted octanol–water partition coefficient (Wildman–Crippen LogP) is 3.26. The number of benzene rings is 1. The van der Waals surface area contributed by atoms with Crippen LogP contribution in [0.1, 0.15) is 5.56 Å². The zero-order chi connectivity index (χ0) is 11.6. The Bertz CT molecular complexity index is 389. The monoisotopic (exact) mass is 281 g/mol. The number of hydrogen-bond donors (Lipinski definition) is 1. The maximum absolute atomic E-state index is 11.9. The van der Waals surface area contributed by atoms with E-state index in [2.05, 4.69) is 15.9 Å². The van der Waals surface area contributed by atoms with Crippen LogP contribution in [-0.4, -0.2) is 12.1 Å². The first-order chi connectivity index (χ1) is 6.80. The molecule has 1 aromatic carbocycles. The molecule has 0 spiro atoms. The Kier molecular flexibility index (Phi) is 3.38. The van der Waals surface area contributed by atoms with E-state index in [0.717, 1.165) is 5.56 Å². The lowest BCUT2D eigenvalue weighted by molar-refractivity contribution is -0.167. The molecule has 15 heavy (non-hydrogen) atoms. The van der Waals surface area contributed by atoms with Gasteiger partial charge in [-0.1, -0.05) is 6.07 Å². The molecule has 2 nitrogen and oxygen atoms in total. The van der Waals surface area contributed by atoms with Crippen molar-refractivity contribution in [1.29, 1.82) is 0 Å². The first kappa shape index (κ1) is 12.0. The number of aryl methyl sites for hydroxylation is 1. The third-order valence-corrected chi connectivity index (χ3v) is 2.29. The third kappa shape index (κ3) is 3.23. The number of carbonyl (C=O) groups is 1. The Morgan fingerprint density at radius 2 is 2.00 bits per heavy atom. The van der Waals surface area contributed by atoms with Gasteiger partial charge in [0.25, 0.3) is 0 Å². The van der Waals surface area contributed by atoms with Crippen molar-refractivity contribution < 1.29 is 18.0 Å². The highest BCUT2D eigenvalue weighted by Gasteiger charge is 2.38. The molecule has 0 radical (unpaired) electrons. The number of nitrogens with one attached hydrogen (secondary N) is 1. The molecular formula is C9H7BrF3NO. The van der Waals surface area contributed by atoms with Gasteiger partial charge in [0, 0.05) is 4.47 Å². The summed E-state index contributed by atoms with van der Waals surface area (Å²) in [5.41, 5.74) is 0.981. The lowest BCUT2D eigenvalue weighted by atomic mass is 10.2. The van der Waals surface area contributed by atoms with Crippen molar-refractivity contribution in [2.24, 2.45) is 0 Å². The van der Waals surface area contributed by atoms with Crippen molar-refractivity contribution in [1.82, 2.24) is 0 Å². The van der Waals surface area contributed by atoms with Gasteiger partial charge in [-0.2, -0.15) is 13.2 Å². The Morgan fingerprint density at radius 1 is 1.40 bits per heavy atom. The summed E-state index contributed by atoms with van der Waals surface area (Å²) in [7, 11) is 0. The number of alkyl halides is 3. The Morgan fingerprint density at radius 3 is 2.47 bits per heavy atom. The molecule has 1 rings (SSSR count). The molecule has 82 valence electrons. The molecule has 1 amide bonds. The normalized spacial score (nSPS) is 11.3. The standard InChI is InChI=1S/C9H7BrF3NO/c1-5-2-3-7(6(10)4-5)14-8(15)9(11,12)13/h2-4H,1H3,(H,14,15). The van der Waals surface area contributed by atoms with Crippen molar-refractivity contribution in [3.8, 4) is 0 Å². The second-order valence-corrected chi connectivity index (χ2v) is 3.79. The van der Waals surface area contributed by atoms with Crippen LogP contribution in [-0.2, 0) is 4.79 Å². The van der Waals surface area contributed by atoms with Crippen molar-refractivity contribution in [3.05, 3.63) is 28.2 Å². The van der Waals surface area contributed by atoms with Gasteiger partial charge < -0.3 is 5.32 Å². The Balaban J connectivity index is 2.87. The van der Waals surface area contributed by atoms with E-state index in [-0.39, 0.29) is 5.69 Å². The smallest absolute Gasteiger partial charge is 0.317 e. The molecule has 0 aromatic heterocycles. The number of anilines is 1. The van der Waals surface area contributed by atoms with Gasteiger partial charge in [0.2, 0.25) is 0 Å². The predicted molar refractivity (Wildman–Crippen MR) is 53.6 cm³/mol. The first-order valence-electron chi connectivity index (χ1n) is 3.95. The van der Waals surface area contributed by atoms with E-state index in [0.29, 0.717) is 4.47 Å². The van der Waals surface area contributed by atoms with Crippen molar-refractivity contribution in [2.75, 3.05) is 5.32 Å². The molecule has 0 unspecified atom stereocenters. The topological polar surface area (TPSA) is 29.1 Å². The van der Waals surface area contributed by atoms with Gasteiger partial charge in [-0.3, -0.25) is 4.79 Å². The van der Waals surface area contributed by atoms with Crippen molar-refractivity contribution in [3.63, 3.8) is 0 Å². The summed E-state index contributed by atoms with van der Waals surface area (Å²) >= 11 is 3.06. The minimum absolute atomic E-state index is 0.0999. The van der Waals surface area contributed by atoms with Crippen LogP contribution in [0.2, 0.25) is 0 Å². The van der Waals surface area contributed by atoms with E-state index in [1.54, 1.807) is 24.4 Å². The van der Waals surface area contributed by atoms with Crippen LogP contribution in [0, 0.1) is 6.92 Å². The fourth-order valence-corrected chi connectivity index (χ4v) is 1.51. The first-order valence-corrected chi connectivity index (χ1v) is 4.74. The van der Waals surface area contributed by atoms with Crippen LogP contribution >= 0.6 is 15.9 Å². The summed E-state index contributed by atoms with van der Waals surface area (Å²) in [4.78, 5) is 10.6. The van der Waals surface area contributed by atoms with Crippen LogP contribution in [0.5, 0.6) is 0 Å². The average molecular weight is 282 g/mol. The minimum atomic E-state index is -4.87. The van der Waals surface area contributed by atoms with Crippen LogP contribution in [0.3, 0.4) is 0 Å². The van der Waals surface area contributed by atoms with Gasteiger partial charge in [0.15, 0.2) is 0 Å². The highest BCUT2D eigenvalue weighted by Crippen LogP contribution is 2.25. The minimum Gasteiger partial charge on any atom is -0.317 e. The van der Waals surface area contributed by atoms with E-state index in [1.807, 2.05) is 0 Å². The highest BCUT2D eigenvalue weighted by atomic mass is 79.9. The number of rotatable bonds is 1. The van der Waals surface area contributed by atoms with Crippen LogP contribution in [0.4, 0.5) is 18.9 Å². The molecule has 1 aromatic rings. The van der Waals surface area contributed by atoms with E-state index < -0.39 is 12.1 Å². The maximum Gasteiger partial charge on any atom is 0.471 e. The highest BCUT2D eigenvalue weighted by molar-refractivity contribution is 9.10. The van der Waals surface area contributed by atoms with Crippen LogP contribution in [0.15, 0.2) is 22.7 Å². The summed E-state index contributed by atoms with van der Waals surface area (Å²) in [6.07, 6.45) is -4.87. The SMILES string of the molecule is Cc1ccc(NC(=O)C(F)(F)F)c(Br)c1. The van der Waals surface area contributed by atoms with Gasteiger partial charge in [-0.05, 0) is 40.5 Å². The molecule has 0 heterocycles. The van der Waals surface area contributed by atoms with Gasteiger partial charge in [-0.15, -0.1) is 0 Å². The summed E-state index contributed by atoms with van der Waals surface area (Å²) in [6, 6.07) is 4.63. The summed E-state index contributed by atoms with van der Waals surface area (Å²) in [5.74, 6) is -1.98. The van der Waals surface area contributed by atoms with Gasteiger partial charge in [0.05, 0.1) is 5.69 Å². The van der Waals surface area contributed by atoms with E-state index in [4.69, 9.17) is 0 Å². The zero-order valence-electron chi connectivity index (χ0n) is 7.65. The molecule has 1 N–H and O–H groups in total. The lowest BCUT2D eigenvalue weighted by Crippen LogP contribution is -2.30. The lowest BCUT2D eigenvalue weighted by Gasteiger charge is -2.09. The van der Waals surface area contributed by atoms with Gasteiger partial charge in [0.1, 0.15) is 0 Å². The van der Waals surface area contributed by atoms with E-state index in [9.17, 15) is 18.0 Å². The summed E-state index contributed by atoms with van der Waals surface area (Å²) < 4.78 is 36.2. The molecule has 0 aliphatic heterocycles. The molecule has 0 saturated heterocycles. The fourth-order valence-electron chi connectivity index (χ4n) is 0.915. The van der Waals surface area contributed by atoms with Gasteiger partial charge >= 0.3 is 12.1 Å². The zero-order valence-corrected chi connectivity index (χ0v) is 9.24. The fraction of sp³-hybridized carbons (Fsp3) is 0.222. The number of hydrogen-bond acceptors (Lipinski definition) is 1. The average Bonchev–Trinajstić information content (AvgIpc) is 2.08. The molecule has 0 saturated carbocycles. The maximum atomic E-state index is 11.9. The van der Waals surface area contributed by atoms with Crippen molar-refractivity contribution >= 4 is 27.5 Å². The molecule has 6 heteroatoms. The second kappa shape index (κ2) is 4.22. The van der Waals surface area contributed by atoms with E-state index >= 15 is 0 Å². The van der Waals surface area contributed by atoms with E-state index in [1.165, 1.54) is 6.07 Å². The second-order valence-electron chi connectivity index (χ2n) is 2.94. The molecule has 0 aliphatic rings. The van der Waals surface area contributed by atoms with Crippen LogP contribution in [0.25, 0.3) is 0 Å². The molecule has 0 atom stereocenters. The summed E-state index contributed by atoms with van der Waals surface area (Å²) in [6.45, 7) is 1.79. The van der Waals surface area contributed by atoms with Crippen LogP contribution < -0.4 is 5.32 Å². The third-order valence-electron chi connectivity index (χ3n) is 1.63. The number of carbonyl (C=O) groups excluding carboxylic acids is 1. The Hall–Kier alpha value is -1.04. The number of halogens is 4. The molecule has 0 fully saturated rings.